The van der Waals surface area contributed by atoms with Gasteiger partial charge < -0.3 is 0 Å². The topological polar surface area (TPSA) is 105 Å². The minimum atomic E-state index is -4.66. The molecule has 0 atom stereocenters. The number of nitrogens with one attached hydrogen (secondary N) is 1. The van der Waals surface area contributed by atoms with Crippen molar-refractivity contribution in [2.45, 2.75) is 23.3 Å². The van der Waals surface area contributed by atoms with E-state index in [1.165, 1.54) is 12.1 Å². The van der Waals surface area contributed by atoms with Gasteiger partial charge in [-0.25, -0.2) is 0 Å². The molecule has 0 saturated heterocycles. The van der Waals surface area contributed by atoms with Crippen LogP contribution in [0.5, 0.6) is 0 Å². The average molecular weight is 527 g/mol. The molecule has 0 unspecified atom stereocenters. The van der Waals surface area contributed by atoms with Gasteiger partial charge in [-0.05, 0) is 6.92 Å². The molecular formula is C20H15F3N4O3SSe. The number of aromatic nitrogens is 2. The van der Waals surface area contributed by atoms with Crippen LogP contribution in [0.1, 0.15) is 11.3 Å². The Bertz CT molecular complexity index is 1280. The van der Waals surface area contributed by atoms with Crippen molar-refractivity contribution < 1.29 is 26.4 Å². The van der Waals surface area contributed by atoms with E-state index in [1.807, 2.05) is 11.6 Å². The van der Waals surface area contributed by atoms with E-state index in [1.54, 1.807) is 29.2 Å². The number of nitriles is 1. The van der Waals surface area contributed by atoms with Gasteiger partial charge in [-0.3, -0.25) is 0 Å². The van der Waals surface area contributed by atoms with Crippen LogP contribution < -0.4 is 4.72 Å². The van der Waals surface area contributed by atoms with Gasteiger partial charge >= 0.3 is 150 Å². The standard InChI is InChI=1S/C20H15F3N4O3SSe/c1-13-2-4-14(5-3-13)17-10-18(20(21,22)23)25-27(17)15-6-8-16(9-7-15)31(29,30)26-19(28)11-32-12-24/h2-10H,11H2,1H3,(H,26,28). The van der Waals surface area contributed by atoms with Crippen molar-refractivity contribution in [2.24, 2.45) is 0 Å². The number of amides is 1. The molecule has 0 saturated carbocycles. The molecule has 2 aromatic carbocycles. The van der Waals surface area contributed by atoms with Crippen LogP contribution >= 0.6 is 0 Å². The first-order valence-electron chi connectivity index (χ1n) is 8.92. The summed E-state index contributed by atoms with van der Waals surface area (Å²) in [7, 11) is -4.18. The Balaban J connectivity index is 1.98. The monoisotopic (exact) mass is 528 g/mol. The van der Waals surface area contributed by atoms with Gasteiger partial charge in [0, 0.05) is 0 Å². The Morgan fingerprint density at radius 2 is 1.78 bits per heavy atom. The fraction of sp³-hybridized carbons (Fsp3) is 0.150. The van der Waals surface area contributed by atoms with Crippen molar-refractivity contribution in [1.29, 1.82) is 5.26 Å². The molecule has 12 heteroatoms. The number of carbonyl (C=O) groups excluding carboxylic acids is 1. The molecule has 32 heavy (non-hydrogen) atoms. The van der Waals surface area contributed by atoms with E-state index in [-0.39, 0.29) is 21.6 Å². The molecule has 166 valence electrons. The molecule has 0 bridgehead atoms. The molecule has 0 aliphatic carbocycles. The fourth-order valence-corrected chi connectivity index (χ4v) is 4.50. The van der Waals surface area contributed by atoms with Gasteiger partial charge in [0.2, 0.25) is 0 Å². The summed E-state index contributed by atoms with van der Waals surface area (Å²) in [6, 6.07) is 12.7. The van der Waals surface area contributed by atoms with Crippen LogP contribution in [-0.4, -0.2) is 39.1 Å². The van der Waals surface area contributed by atoms with E-state index in [9.17, 15) is 26.4 Å². The maximum atomic E-state index is 13.3. The summed E-state index contributed by atoms with van der Waals surface area (Å²) in [6.07, 6.45) is -4.66. The molecule has 0 aliphatic heterocycles. The normalized spacial score (nSPS) is 11.7. The molecule has 1 heterocycles. The number of benzene rings is 2. The van der Waals surface area contributed by atoms with Crippen molar-refractivity contribution in [2.75, 3.05) is 0 Å². The SMILES string of the molecule is Cc1ccc(-c2cc(C(F)(F)F)nn2-c2ccc(S(=O)(=O)NC(=O)C[Se]C#N)cc2)cc1. The fourth-order valence-electron chi connectivity index (χ4n) is 2.75. The number of aryl methyl sites for hydroxylation is 1. The third kappa shape index (κ3) is 5.37. The first kappa shape index (κ1) is 23.5. The smallest absolute Gasteiger partial charge is 0.0587 e. The number of nitrogens with zero attached hydrogens (tertiary/aromatic N) is 3. The van der Waals surface area contributed by atoms with Gasteiger partial charge in [0.05, 0.1) is 0 Å². The molecule has 1 N–H and O–H groups in total. The molecule has 3 aromatic rings. The zero-order valence-electron chi connectivity index (χ0n) is 16.4. The molecule has 0 aliphatic rings. The van der Waals surface area contributed by atoms with Crippen molar-refractivity contribution in [3.8, 4) is 21.9 Å². The predicted octanol–water partition coefficient (Wildman–Crippen LogP) is 3.28. The first-order valence-corrected chi connectivity index (χ1v) is 12.5. The summed E-state index contributed by atoms with van der Waals surface area (Å²) in [4.78, 5) is 13.2. The van der Waals surface area contributed by atoms with Crippen LogP contribution in [0.25, 0.3) is 16.9 Å². The number of rotatable bonds is 6. The third-order valence-corrected chi connectivity index (χ3v) is 6.77. The molecule has 1 amide bonds. The molecule has 3 rings (SSSR count). The van der Waals surface area contributed by atoms with E-state index in [0.717, 1.165) is 28.4 Å². The average Bonchev–Trinajstić information content (AvgIpc) is 3.18. The van der Waals surface area contributed by atoms with Gasteiger partial charge in [-0.2, -0.15) is 13.2 Å². The molecule has 0 radical (unpaired) electrons. The molecule has 1 aromatic heterocycles. The maximum absolute atomic E-state index is 13.3. The Morgan fingerprint density at radius 1 is 1.16 bits per heavy atom. The number of alkyl halides is 3. The van der Waals surface area contributed by atoms with Gasteiger partial charge in [0.25, 0.3) is 0 Å². The van der Waals surface area contributed by atoms with Crippen molar-refractivity contribution in [3.63, 3.8) is 0 Å². The van der Waals surface area contributed by atoms with E-state index in [4.69, 9.17) is 5.26 Å². The summed E-state index contributed by atoms with van der Waals surface area (Å²) in [5.41, 5.74) is 0.732. The minimum Gasteiger partial charge on any atom is -0.0587 e. The van der Waals surface area contributed by atoms with E-state index < -0.39 is 42.8 Å². The number of halogens is 3. The number of carbonyl (C=O) groups is 1. The summed E-state index contributed by atoms with van der Waals surface area (Å²) >= 11 is -0.674. The Morgan fingerprint density at radius 3 is 2.34 bits per heavy atom. The Labute approximate surface area is 188 Å². The Hall–Kier alpha value is -3.13. The van der Waals surface area contributed by atoms with E-state index in [2.05, 4.69) is 5.10 Å². The molecule has 7 nitrogen and oxygen atoms in total. The third-order valence-electron chi connectivity index (χ3n) is 4.25. The quantitative estimate of drug-likeness (QED) is 0.496. The van der Waals surface area contributed by atoms with Gasteiger partial charge in [-0.1, -0.05) is 17.7 Å². The second kappa shape index (κ2) is 9.16. The van der Waals surface area contributed by atoms with Crippen LogP contribution in [0.15, 0.2) is 59.5 Å². The zero-order chi connectivity index (χ0) is 23.5. The minimum absolute atomic E-state index is 0.181. The summed E-state index contributed by atoms with van der Waals surface area (Å²) in [5, 5.41) is 12.0. The van der Waals surface area contributed by atoms with Crippen molar-refractivity contribution in [3.05, 3.63) is 65.9 Å². The molecule has 0 spiro atoms. The number of hydrogen-bond acceptors (Lipinski definition) is 5. The second-order valence-corrected chi connectivity index (χ2v) is 9.87. The van der Waals surface area contributed by atoms with Crippen molar-refractivity contribution in [1.82, 2.24) is 14.5 Å². The Kier molecular flexibility index (Phi) is 6.74. The van der Waals surface area contributed by atoms with Gasteiger partial charge in [0.1, 0.15) is 0 Å². The van der Waals surface area contributed by atoms with Gasteiger partial charge in [0.15, 0.2) is 0 Å². The molecule has 0 fully saturated rings. The molecular weight excluding hydrogens is 512 g/mol. The second-order valence-electron chi connectivity index (χ2n) is 6.59. The van der Waals surface area contributed by atoms with Crippen molar-refractivity contribution >= 4 is 30.9 Å². The number of sulfonamides is 1. The number of hydrogen-bond donors (Lipinski definition) is 1. The first-order chi connectivity index (χ1) is 15.0. The van der Waals surface area contributed by atoms with Gasteiger partial charge in [-0.15, -0.1) is 0 Å². The van der Waals surface area contributed by atoms with Crippen LogP contribution in [0.2, 0.25) is 5.32 Å². The predicted molar refractivity (Wildman–Crippen MR) is 110 cm³/mol. The van der Waals surface area contributed by atoms with E-state index >= 15 is 0 Å². The van der Waals surface area contributed by atoms with Crippen LogP contribution in [0.3, 0.4) is 0 Å². The summed E-state index contributed by atoms with van der Waals surface area (Å²) in [5.74, 6) is -0.806. The van der Waals surface area contributed by atoms with Crippen LogP contribution in [0, 0.1) is 17.2 Å². The summed E-state index contributed by atoms with van der Waals surface area (Å²) < 4.78 is 67.5. The van der Waals surface area contributed by atoms with E-state index in [0.29, 0.717) is 5.56 Å². The van der Waals surface area contributed by atoms with Crippen LogP contribution in [-0.2, 0) is 21.0 Å². The zero-order valence-corrected chi connectivity index (χ0v) is 18.9. The summed E-state index contributed by atoms with van der Waals surface area (Å²) in [6.45, 7) is 1.85. The van der Waals surface area contributed by atoms with Crippen LogP contribution in [0.4, 0.5) is 13.2 Å².